The maximum atomic E-state index is 10.9. The van der Waals surface area contributed by atoms with Crippen molar-refractivity contribution >= 4 is 5.97 Å². The largest absolute Gasteiger partial charge is 0.460 e. The van der Waals surface area contributed by atoms with Gasteiger partial charge in [-0.3, -0.25) is 4.79 Å². The highest BCUT2D eigenvalue weighted by Crippen LogP contribution is 2.35. The van der Waals surface area contributed by atoms with Crippen LogP contribution in [0.15, 0.2) is 24.0 Å². The summed E-state index contributed by atoms with van der Waals surface area (Å²) in [6.45, 7) is 3.47. The Bertz CT molecular complexity index is 555. The molecule has 0 aromatic heterocycles. The predicted molar refractivity (Wildman–Crippen MR) is 73.0 cm³/mol. The summed E-state index contributed by atoms with van der Waals surface area (Å²) in [5, 5.41) is 0. The van der Waals surface area contributed by atoms with E-state index in [9.17, 15) is 4.79 Å². The van der Waals surface area contributed by atoms with Crippen LogP contribution >= 0.6 is 0 Å². The maximum absolute atomic E-state index is 10.9. The molecule has 2 aliphatic heterocycles. The van der Waals surface area contributed by atoms with E-state index >= 15 is 0 Å². The first kappa shape index (κ1) is 14.2. The van der Waals surface area contributed by atoms with Crippen LogP contribution in [-0.2, 0) is 19.0 Å². The van der Waals surface area contributed by atoms with Gasteiger partial charge < -0.3 is 14.2 Å². The minimum Gasteiger partial charge on any atom is -0.460 e. The number of esters is 1. The molecule has 104 valence electrons. The lowest BCUT2D eigenvalue weighted by atomic mass is 10.0. The first-order valence-electron chi connectivity index (χ1n) is 6.45. The standard InChI is InChI=1S/C16H16O4/c1-3-4-5-6-7-14-8-10-16(20-14)11-9-15(12-18-16)19-13(2)17/h7-8,10,15H,9,11-12H2,1-2H3/b14-7-/t15-,16-/m0/s1. The third-order valence-electron chi connectivity index (χ3n) is 2.93. The third-order valence-corrected chi connectivity index (χ3v) is 2.93. The highest BCUT2D eigenvalue weighted by Gasteiger charge is 2.40. The Labute approximate surface area is 118 Å². The van der Waals surface area contributed by atoms with Crippen LogP contribution in [0.2, 0.25) is 0 Å². The van der Waals surface area contributed by atoms with E-state index in [1.54, 1.807) is 13.0 Å². The summed E-state index contributed by atoms with van der Waals surface area (Å²) < 4.78 is 16.6. The SMILES string of the molecule is CC#CC#C/C=C1/C=C[C@@]2(CC[C@H](OC(C)=O)CO2)O1. The van der Waals surface area contributed by atoms with Crippen molar-refractivity contribution in [1.82, 2.24) is 0 Å². The summed E-state index contributed by atoms with van der Waals surface area (Å²) >= 11 is 0. The molecular weight excluding hydrogens is 256 g/mol. The highest BCUT2D eigenvalue weighted by atomic mass is 16.7. The Kier molecular flexibility index (Phi) is 4.50. The van der Waals surface area contributed by atoms with Crippen molar-refractivity contribution in [3.8, 4) is 23.7 Å². The molecule has 0 amide bonds. The Morgan fingerprint density at radius 2 is 2.40 bits per heavy atom. The smallest absolute Gasteiger partial charge is 0.302 e. The van der Waals surface area contributed by atoms with E-state index in [-0.39, 0.29) is 12.1 Å². The van der Waals surface area contributed by atoms with E-state index in [1.807, 2.05) is 12.2 Å². The van der Waals surface area contributed by atoms with Gasteiger partial charge in [-0.15, -0.1) is 0 Å². The van der Waals surface area contributed by atoms with Gasteiger partial charge in [-0.2, -0.15) is 0 Å². The quantitative estimate of drug-likeness (QED) is 0.540. The number of carbonyl (C=O) groups excluding carboxylic acids is 1. The minimum atomic E-state index is -0.736. The van der Waals surface area contributed by atoms with Crippen molar-refractivity contribution in [3.05, 3.63) is 24.0 Å². The zero-order valence-corrected chi connectivity index (χ0v) is 11.6. The van der Waals surface area contributed by atoms with E-state index in [4.69, 9.17) is 14.2 Å². The van der Waals surface area contributed by atoms with Crippen molar-refractivity contribution in [2.24, 2.45) is 0 Å². The van der Waals surface area contributed by atoms with E-state index in [0.717, 1.165) is 0 Å². The third kappa shape index (κ3) is 3.66. The van der Waals surface area contributed by atoms with E-state index < -0.39 is 5.79 Å². The predicted octanol–water partition coefficient (Wildman–Crippen LogP) is 1.92. The van der Waals surface area contributed by atoms with E-state index in [2.05, 4.69) is 23.7 Å². The van der Waals surface area contributed by atoms with Crippen LogP contribution in [-0.4, -0.2) is 24.5 Å². The molecule has 1 spiro atoms. The van der Waals surface area contributed by atoms with Crippen LogP contribution in [0.25, 0.3) is 0 Å². The highest BCUT2D eigenvalue weighted by molar-refractivity contribution is 5.66. The summed E-state index contributed by atoms with van der Waals surface area (Å²) in [7, 11) is 0. The molecule has 0 aromatic rings. The fourth-order valence-corrected chi connectivity index (χ4v) is 2.05. The van der Waals surface area contributed by atoms with Crippen LogP contribution < -0.4 is 0 Å². The van der Waals surface area contributed by atoms with Crippen LogP contribution in [0.1, 0.15) is 26.7 Å². The zero-order valence-electron chi connectivity index (χ0n) is 11.6. The molecule has 0 bridgehead atoms. The van der Waals surface area contributed by atoms with Crippen molar-refractivity contribution in [2.45, 2.75) is 38.6 Å². The van der Waals surface area contributed by atoms with Crippen LogP contribution in [0, 0.1) is 23.7 Å². The lowest BCUT2D eigenvalue weighted by Crippen LogP contribution is -2.41. The average Bonchev–Trinajstić information content (AvgIpc) is 2.81. The molecule has 0 aliphatic carbocycles. The summed E-state index contributed by atoms with van der Waals surface area (Å²) in [5.74, 6) is 10.5. The van der Waals surface area contributed by atoms with Gasteiger partial charge in [0, 0.05) is 19.4 Å². The number of ether oxygens (including phenoxy) is 3. The van der Waals surface area contributed by atoms with Gasteiger partial charge in [-0.1, -0.05) is 11.8 Å². The fraction of sp³-hybridized carbons (Fsp3) is 0.438. The molecule has 0 saturated carbocycles. The number of hydrogen-bond donors (Lipinski definition) is 0. The number of rotatable bonds is 1. The van der Waals surface area contributed by atoms with Gasteiger partial charge >= 0.3 is 5.97 Å². The molecule has 0 aromatic carbocycles. The molecule has 2 rings (SSSR count). The van der Waals surface area contributed by atoms with Crippen molar-refractivity contribution < 1.29 is 19.0 Å². The van der Waals surface area contributed by atoms with Gasteiger partial charge in [-0.05, 0) is 37.3 Å². The second-order valence-corrected chi connectivity index (χ2v) is 4.52. The van der Waals surface area contributed by atoms with E-state index in [0.29, 0.717) is 25.2 Å². The van der Waals surface area contributed by atoms with Gasteiger partial charge in [-0.25, -0.2) is 0 Å². The molecule has 20 heavy (non-hydrogen) atoms. The molecule has 1 saturated heterocycles. The Morgan fingerprint density at radius 1 is 1.55 bits per heavy atom. The molecule has 2 atom stereocenters. The molecule has 4 nitrogen and oxygen atoms in total. The zero-order chi connectivity index (χ0) is 14.4. The molecule has 2 heterocycles. The van der Waals surface area contributed by atoms with Gasteiger partial charge in [0.1, 0.15) is 11.9 Å². The minimum absolute atomic E-state index is 0.192. The molecule has 0 N–H and O–H groups in total. The van der Waals surface area contributed by atoms with Crippen molar-refractivity contribution in [2.75, 3.05) is 6.61 Å². The fourth-order valence-electron chi connectivity index (χ4n) is 2.05. The van der Waals surface area contributed by atoms with Gasteiger partial charge in [0.25, 0.3) is 0 Å². The second kappa shape index (κ2) is 6.32. The molecule has 0 radical (unpaired) electrons. The number of carbonyl (C=O) groups is 1. The molecule has 0 unspecified atom stereocenters. The molecule has 4 heteroatoms. The molecular formula is C16H16O4. The average molecular weight is 272 g/mol. The van der Waals surface area contributed by atoms with Crippen LogP contribution in [0.3, 0.4) is 0 Å². The van der Waals surface area contributed by atoms with Gasteiger partial charge in [0.15, 0.2) is 0 Å². The Morgan fingerprint density at radius 3 is 3.05 bits per heavy atom. The first-order chi connectivity index (χ1) is 9.63. The molecule has 2 aliphatic rings. The summed E-state index contributed by atoms with van der Waals surface area (Å²) in [4.78, 5) is 10.9. The Balaban J connectivity index is 1.90. The van der Waals surface area contributed by atoms with Crippen LogP contribution in [0.4, 0.5) is 0 Å². The Hall–Kier alpha value is -2.17. The monoisotopic (exact) mass is 272 g/mol. The summed E-state index contributed by atoms with van der Waals surface area (Å²) in [6.07, 6.45) is 6.53. The van der Waals surface area contributed by atoms with Crippen molar-refractivity contribution in [3.63, 3.8) is 0 Å². The number of hydrogen-bond acceptors (Lipinski definition) is 4. The normalized spacial score (nSPS) is 29.1. The summed E-state index contributed by atoms with van der Waals surface area (Å²) in [6, 6.07) is 0. The van der Waals surface area contributed by atoms with Crippen molar-refractivity contribution in [1.29, 1.82) is 0 Å². The lowest BCUT2D eigenvalue weighted by Gasteiger charge is -2.35. The van der Waals surface area contributed by atoms with Crippen LogP contribution in [0.5, 0.6) is 0 Å². The first-order valence-corrected chi connectivity index (χ1v) is 6.45. The topological polar surface area (TPSA) is 44.8 Å². The second-order valence-electron chi connectivity index (χ2n) is 4.52. The molecule has 1 fully saturated rings. The lowest BCUT2D eigenvalue weighted by molar-refractivity contribution is -0.220. The van der Waals surface area contributed by atoms with Gasteiger partial charge in [0.2, 0.25) is 5.79 Å². The number of allylic oxidation sites excluding steroid dienone is 2. The summed E-state index contributed by atoms with van der Waals surface area (Å²) in [5.41, 5.74) is 0. The van der Waals surface area contributed by atoms with Gasteiger partial charge in [0.05, 0.1) is 6.61 Å². The maximum Gasteiger partial charge on any atom is 0.302 e. The van der Waals surface area contributed by atoms with E-state index in [1.165, 1.54) is 6.92 Å².